The van der Waals surface area contributed by atoms with Crippen LogP contribution >= 0.6 is 0 Å². The van der Waals surface area contributed by atoms with Gasteiger partial charge in [0.05, 0.1) is 33.4 Å². The number of rotatable bonds is 4. The van der Waals surface area contributed by atoms with Gasteiger partial charge in [0.25, 0.3) is 11.8 Å². The lowest BCUT2D eigenvalue weighted by molar-refractivity contribution is 0.0992. The molecule has 3 rings (SSSR count). The molecule has 7 nitrogen and oxygen atoms in total. The van der Waals surface area contributed by atoms with Crippen molar-refractivity contribution in [2.45, 2.75) is 53.0 Å². The van der Waals surface area contributed by atoms with Crippen LogP contribution in [0.15, 0.2) is 18.2 Å². The molecule has 0 saturated carbocycles. The number of anilines is 1. The van der Waals surface area contributed by atoms with E-state index in [-0.39, 0.29) is 22.7 Å². The summed E-state index contributed by atoms with van der Waals surface area (Å²) in [5, 5.41) is 7.53. The van der Waals surface area contributed by atoms with E-state index in [0.29, 0.717) is 28.5 Å². The van der Waals surface area contributed by atoms with E-state index in [9.17, 15) is 18.4 Å². The van der Waals surface area contributed by atoms with Gasteiger partial charge in [0.15, 0.2) is 5.65 Å². The number of primary amides is 1. The number of amides is 2. The van der Waals surface area contributed by atoms with E-state index in [4.69, 9.17) is 10.7 Å². The summed E-state index contributed by atoms with van der Waals surface area (Å²) < 4.78 is 29.8. The zero-order chi connectivity index (χ0) is 23.2. The van der Waals surface area contributed by atoms with Crippen molar-refractivity contribution >= 4 is 28.5 Å². The molecule has 0 aliphatic heterocycles. The second-order valence-corrected chi connectivity index (χ2v) is 8.75. The molecule has 0 fully saturated rings. The Balaban J connectivity index is 2.19. The van der Waals surface area contributed by atoms with Crippen LogP contribution in [-0.2, 0) is 5.54 Å². The number of benzene rings is 1. The highest BCUT2D eigenvalue weighted by molar-refractivity contribution is 6.13. The van der Waals surface area contributed by atoms with Crippen LogP contribution in [0.2, 0.25) is 0 Å². The Kier molecular flexibility index (Phi) is 5.56. The van der Waals surface area contributed by atoms with Crippen LogP contribution in [0.4, 0.5) is 14.5 Å². The van der Waals surface area contributed by atoms with E-state index in [1.807, 2.05) is 34.6 Å². The van der Waals surface area contributed by atoms with Gasteiger partial charge in [0, 0.05) is 11.8 Å². The second-order valence-electron chi connectivity index (χ2n) is 8.75. The molecule has 2 amide bonds. The van der Waals surface area contributed by atoms with Crippen molar-refractivity contribution in [2.24, 2.45) is 5.73 Å². The maximum Gasteiger partial charge on any atom is 0.256 e. The molecule has 2 heterocycles. The number of carbonyl (C=O) groups excluding carboxylic acids is 2. The third-order valence-corrected chi connectivity index (χ3v) is 4.87. The van der Waals surface area contributed by atoms with Crippen molar-refractivity contribution < 1.29 is 18.4 Å². The number of pyridine rings is 1. The van der Waals surface area contributed by atoms with Gasteiger partial charge in [-0.05, 0) is 45.7 Å². The number of hydrogen-bond donors (Lipinski definition) is 2. The topological polar surface area (TPSA) is 103 Å². The standard InChI is InChI=1S/C22H25F2N5O2/c1-10(2)16-8-13(18-11(3)28-29(20(18)26-16)22(4,5)6)21(31)27-17-7-12(19(25)30)14(23)9-15(17)24/h7-10H,1-6H3,(H2,25,30)(H,27,31). The van der Waals surface area contributed by atoms with Gasteiger partial charge < -0.3 is 11.1 Å². The quantitative estimate of drug-likeness (QED) is 0.647. The monoisotopic (exact) mass is 429 g/mol. The maximum absolute atomic E-state index is 14.3. The number of aryl methyl sites for hydroxylation is 1. The first-order chi connectivity index (χ1) is 14.3. The fraction of sp³-hybridized carbons (Fsp3) is 0.364. The second kappa shape index (κ2) is 7.72. The van der Waals surface area contributed by atoms with E-state index in [2.05, 4.69) is 10.4 Å². The molecule has 31 heavy (non-hydrogen) atoms. The van der Waals surface area contributed by atoms with Crippen molar-refractivity contribution in [3.05, 3.63) is 52.3 Å². The van der Waals surface area contributed by atoms with Crippen molar-refractivity contribution in [1.29, 1.82) is 0 Å². The molecule has 164 valence electrons. The molecular formula is C22H25F2N5O2. The molecule has 3 aromatic rings. The Morgan fingerprint density at radius 2 is 1.74 bits per heavy atom. The minimum absolute atomic E-state index is 0.0172. The molecule has 1 aromatic carbocycles. The summed E-state index contributed by atoms with van der Waals surface area (Å²) in [6.07, 6.45) is 0. The van der Waals surface area contributed by atoms with Crippen LogP contribution in [0.3, 0.4) is 0 Å². The summed E-state index contributed by atoms with van der Waals surface area (Å²) in [7, 11) is 0. The van der Waals surface area contributed by atoms with Crippen molar-refractivity contribution in [1.82, 2.24) is 14.8 Å². The number of halogens is 2. The molecule has 0 spiro atoms. The average Bonchev–Trinajstić information content (AvgIpc) is 3.00. The number of carbonyl (C=O) groups is 2. The molecule has 0 unspecified atom stereocenters. The number of hydrogen-bond acceptors (Lipinski definition) is 4. The van der Waals surface area contributed by atoms with Gasteiger partial charge in [0.1, 0.15) is 11.6 Å². The Labute approximate surface area is 178 Å². The summed E-state index contributed by atoms with van der Waals surface area (Å²) in [6, 6.07) is 3.04. The zero-order valence-electron chi connectivity index (χ0n) is 18.3. The van der Waals surface area contributed by atoms with E-state index in [1.165, 1.54) is 0 Å². The Morgan fingerprint density at radius 1 is 1.10 bits per heavy atom. The number of nitrogens with two attached hydrogens (primary N) is 1. The van der Waals surface area contributed by atoms with Gasteiger partial charge in [-0.15, -0.1) is 0 Å². The molecule has 2 aromatic heterocycles. The Hall–Kier alpha value is -3.36. The molecular weight excluding hydrogens is 404 g/mol. The molecule has 0 saturated heterocycles. The minimum atomic E-state index is -1.10. The predicted octanol–water partition coefficient (Wildman–Crippen LogP) is 4.25. The SMILES string of the molecule is Cc1nn(C(C)(C)C)c2nc(C(C)C)cc(C(=O)Nc3cc(C(N)=O)c(F)cc3F)c12. The number of aromatic nitrogens is 3. The van der Waals surface area contributed by atoms with Crippen LogP contribution in [0.25, 0.3) is 11.0 Å². The highest BCUT2D eigenvalue weighted by atomic mass is 19.1. The Bertz CT molecular complexity index is 1210. The molecule has 0 aliphatic carbocycles. The fourth-order valence-electron chi connectivity index (χ4n) is 3.27. The number of nitrogens with one attached hydrogen (secondary N) is 1. The van der Waals surface area contributed by atoms with E-state index in [1.54, 1.807) is 17.7 Å². The molecule has 0 aliphatic rings. The van der Waals surface area contributed by atoms with Gasteiger partial charge in [-0.1, -0.05) is 13.8 Å². The number of fused-ring (bicyclic) bond motifs is 1. The summed E-state index contributed by atoms with van der Waals surface area (Å²) in [5.41, 5.74) is 5.94. The average molecular weight is 429 g/mol. The summed E-state index contributed by atoms with van der Waals surface area (Å²) in [4.78, 5) is 29.3. The molecule has 0 atom stereocenters. The minimum Gasteiger partial charge on any atom is -0.366 e. The molecule has 9 heteroatoms. The normalized spacial score (nSPS) is 11.9. The fourth-order valence-corrected chi connectivity index (χ4v) is 3.27. The van der Waals surface area contributed by atoms with Gasteiger partial charge in [-0.3, -0.25) is 9.59 Å². The predicted molar refractivity (Wildman–Crippen MR) is 114 cm³/mol. The lowest BCUT2D eigenvalue weighted by Gasteiger charge is -2.20. The van der Waals surface area contributed by atoms with Gasteiger partial charge in [-0.2, -0.15) is 5.10 Å². The van der Waals surface area contributed by atoms with Crippen LogP contribution in [0.5, 0.6) is 0 Å². The third-order valence-electron chi connectivity index (χ3n) is 4.87. The summed E-state index contributed by atoms with van der Waals surface area (Å²) >= 11 is 0. The lowest BCUT2D eigenvalue weighted by atomic mass is 10.0. The largest absolute Gasteiger partial charge is 0.366 e. The maximum atomic E-state index is 14.3. The lowest BCUT2D eigenvalue weighted by Crippen LogP contribution is -2.24. The molecule has 0 radical (unpaired) electrons. The van der Waals surface area contributed by atoms with Crippen LogP contribution in [-0.4, -0.2) is 26.6 Å². The number of nitrogens with zero attached hydrogens (tertiary/aromatic N) is 3. The van der Waals surface area contributed by atoms with E-state index < -0.39 is 29.0 Å². The van der Waals surface area contributed by atoms with Crippen LogP contribution in [0, 0.1) is 18.6 Å². The van der Waals surface area contributed by atoms with Crippen LogP contribution < -0.4 is 11.1 Å². The summed E-state index contributed by atoms with van der Waals surface area (Å²) in [6.45, 7) is 11.6. The first kappa shape index (κ1) is 22.3. The zero-order valence-corrected chi connectivity index (χ0v) is 18.3. The molecule has 0 bridgehead atoms. The molecule has 3 N–H and O–H groups in total. The third kappa shape index (κ3) is 4.12. The smallest absolute Gasteiger partial charge is 0.256 e. The highest BCUT2D eigenvalue weighted by Crippen LogP contribution is 2.30. The first-order valence-electron chi connectivity index (χ1n) is 9.82. The first-order valence-corrected chi connectivity index (χ1v) is 9.82. The highest BCUT2D eigenvalue weighted by Gasteiger charge is 2.26. The van der Waals surface area contributed by atoms with Gasteiger partial charge >= 0.3 is 0 Å². The van der Waals surface area contributed by atoms with Gasteiger partial charge in [0.2, 0.25) is 0 Å². The van der Waals surface area contributed by atoms with Crippen molar-refractivity contribution in [3.8, 4) is 0 Å². The Morgan fingerprint density at radius 3 is 2.29 bits per heavy atom. The van der Waals surface area contributed by atoms with E-state index >= 15 is 0 Å². The van der Waals surface area contributed by atoms with Crippen LogP contribution in [0.1, 0.15) is 72.6 Å². The van der Waals surface area contributed by atoms with Crippen molar-refractivity contribution in [2.75, 3.05) is 5.32 Å². The van der Waals surface area contributed by atoms with E-state index in [0.717, 1.165) is 6.07 Å². The van der Waals surface area contributed by atoms with Crippen molar-refractivity contribution in [3.63, 3.8) is 0 Å². The van der Waals surface area contributed by atoms with Gasteiger partial charge in [-0.25, -0.2) is 18.4 Å². The summed E-state index contributed by atoms with van der Waals surface area (Å²) in [5.74, 6) is -3.80.